The van der Waals surface area contributed by atoms with Crippen LogP contribution >= 0.6 is 0 Å². The van der Waals surface area contributed by atoms with E-state index in [4.69, 9.17) is 4.74 Å². The number of pyridine rings is 1. The third-order valence-corrected chi connectivity index (χ3v) is 4.70. The molecule has 0 atom stereocenters. The second-order valence-corrected chi connectivity index (χ2v) is 6.60. The predicted octanol–water partition coefficient (Wildman–Crippen LogP) is 2.42. The van der Waals surface area contributed by atoms with Crippen LogP contribution in [-0.4, -0.2) is 49.6 Å². The fourth-order valence-electron chi connectivity index (χ4n) is 3.32. The molecule has 7 nitrogen and oxygen atoms in total. The van der Waals surface area contributed by atoms with Gasteiger partial charge >= 0.3 is 0 Å². The summed E-state index contributed by atoms with van der Waals surface area (Å²) in [6.07, 6.45) is 3.49. The Morgan fingerprint density at radius 2 is 1.92 bits per heavy atom. The van der Waals surface area contributed by atoms with E-state index in [1.807, 2.05) is 59.7 Å². The summed E-state index contributed by atoms with van der Waals surface area (Å²) in [5, 5.41) is 8.06. The number of likely N-dealkylation sites (tertiary alicyclic amines) is 1. The summed E-state index contributed by atoms with van der Waals surface area (Å²) in [5.74, 6) is 0.563. The lowest BCUT2D eigenvalue weighted by Gasteiger charge is -2.31. The van der Waals surface area contributed by atoms with E-state index < -0.39 is 0 Å². The van der Waals surface area contributed by atoms with E-state index in [0.717, 1.165) is 29.9 Å². The molecular weight excluding hydrogens is 330 g/mol. The minimum absolute atomic E-state index is 0.0229. The molecule has 134 valence electrons. The summed E-state index contributed by atoms with van der Waals surface area (Å²) >= 11 is 0. The van der Waals surface area contributed by atoms with Crippen molar-refractivity contribution >= 4 is 11.6 Å². The monoisotopic (exact) mass is 351 g/mol. The van der Waals surface area contributed by atoms with E-state index in [9.17, 15) is 4.79 Å². The maximum atomic E-state index is 13.0. The smallest absolute Gasteiger partial charge is 0.272 e. The highest BCUT2D eigenvalue weighted by Gasteiger charge is 2.28. The van der Waals surface area contributed by atoms with Gasteiger partial charge in [-0.1, -0.05) is 6.07 Å². The van der Waals surface area contributed by atoms with E-state index in [1.165, 1.54) is 0 Å². The molecule has 4 heterocycles. The van der Waals surface area contributed by atoms with Gasteiger partial charge in [-0.3, -0.25) is 9.20 Å². The molecule has 4 rings (SSSR count). The average molecular weight is 351 g/mol. The number of fused-ring (bicyclic) bond motifs is 1. The van der Waals surface area contributed by atoms with Crippen LogP contribution in [0.25, 0.3) is 5.65 Å². The molecule has 1 fully saturated rings. The van der Waals surface area contributed by atoms with Crippen molar-refractivity contribution in [2.75, 3.05) is 13.1 Å². The Labute approximate surface area is 151 Å². The molecular formula is C19H21N5O2. The molecule has 1 aliphatic rings. The fraction of sp³-hybridized carbons (Fsp3) is 0.368. The van der Waals surface area contributed by atoms with Gasteiger partial charge in [0, 0.05) is 38.2 Å². The molecule has 0 aliphatic carbocycles. The topological polar surface area (TPSA) is 72.6 Å². The lowest BCUT2D eigenvalue weighted by atomic mass is 10.1. The maximum absolute atomic E-state index is 13.0. The van der Waals surface area contributed by atoms with Crippen LogP contribution in [0.5, 0.6) is 5.88 Å². The van der Waals surface area contributed by atoms with Crippen molar-refractivity contribution in [2.24, 2.45) is 0 Å². The first-order valence-corrected chi connectivity index (χ1v) is 8.82. The highest BCUT2D eigenvalue weighted by atomic mass is 16.5. The second-order valence-electron chi connectivity index (χ2n) is 6.60. The molecule has 0 unspecified atom stereocenters. The highest BCUT2D eigenvalue weighted by Crippen LogP contribution is 2.20. The Morgan fingerprint density at radius 3 is 2.65 bits per heavy atom. The SMILES string of the molecule is Cc1ccc(OC2CCN(C(=O)c3c(C)nc4ccccn34)CC2)nn1. The van der Waals surface area contributed by atoms with Crippen LogP contribution in [0, 0.1) is 13.8 Å². The van der Waals surface area contributed by atoms with Crippen molar-refractivity contribution in [3.8, 4) is 5.88 Å². The third kappa shape index (κ3) is 3.12. The van der Waals surface area contributed by atoms with Crippen LogP contribution in [0.4, 0.5) is 0 Å². The number of aromatic nitrogens is 4. The Bertz CT molecular complexity index is 927. The number of piperidine rings is 1. The zero-order chi connectivity index (χ0) is 18.1. The molecule has 0 aromatic carbocycles. The van der Waals surface area contributed by atoms with Crippen molar-refractivity contribution < 1.29 is 9.53 Å². The van der Waals surface area contributed by atoms with Crippen LogP contribution in [-0.2, 0) is 0 Å². The van der Waals surface area contributed by atoms with E-state index in [0.29, 0.717) is 24.7 Å². The Balaban J connectivity index is 1.43. The van der Waals surface area contributed by atoms with E-state index in [-0.39, 0.29) is 12.0 Å². The summed E-state index contributed by atoms with van der Waals surface area (Å²) in [7, 11) is 0. The molecule has 3 aromatic heterocycles. The highest BCUT2D eigenvalue weighted by molar-refractivity contribution is 5.94. The second kappa shape index (κ2) is 6.74. The maximum Gasteiger partial charge on any atom is 0.272 e. The molecule has 26 heavy (non-hydrogen) atoms. The van der Waals surface area contributed by atoms with Gasteiger partial charge in [0.15, 0.2) is 0 Å². The molecule has 1 amide bonds. The van der Waals surface area contributed by atoms with Gasteiger partial charge in [-0.2, -0.15) is 5.10 Å². The van der Waals surface area contributed by atoms with E-state index in [2.05, 4.69) is 15.2 Å². The normalized spacial score (nSPS) is 15.4. The molecule has 0 radical (unpaired) electrons. The summed E-state index contributed by atoms with van der Waals surface area (Å²) in [5.41, 5.74) is 3.06. The lowest BCUT2D eigenvalue weighted by molar-refractivity contribution is 0.0579. The number of hydrogen-bond acceptors (Lipinski definition) is 5. The molecule has 7 heteroatoms. The van der Waals surface area contributed by atoms with Gasteiger partial charge in [0.1, 0.15) is 17.4 Å². The van der Waals surface area contributed by atoms with Gasteiger partial charge in [-0.05, 0) is 32.0 Å². The number of carbonyl (C=O) groups is 1. The molecule has 1 saturated heterocycles. The standard InChI is InChI=1S/C19H21N5O2/c1-13-6-7-17(22-21-13)26-15-8-11-23(12-9-15)19(25)18-14(2)20-16-5-3-4-10-24(16)18/h3-7,10,15H,8-9,11-12H2,1-2H3. The van der Waals surface area contributed by atoms with Crippen molar-refractivity contribution in [2.45, 2.75) is 32.8 Å². The first-order valence-electron chi connectivity index (χ1n) is 8.82. The van der Waals surface area contributed by atoms with Gasteiger partial charge in [0.2, 0.25) is 5.88 Å². The first-order chi connectivity index (χ1) is 12.6. The summed E-state index contributed by atoms with van der Waals surface area (Å²) in [6, 6.07) is 9.46. The molecule has 0 saturated carbocycles. The number of rotatable bonds is 3. The molecule has 0 bridgehead atoms. The predicted molar refractivity (Wildman–Crippen MR) is 96.3 cm³/mol. The average Bonchev–Trinajstić information content (AvgIpc) is 2.99. The number of imidazole rings is 1. The molecule has 3 aromatic rings. The van der Waals surface area contributed by atoms with E-state index >= 15 is 0 Å². The van der Waals surface area contributed by atoms with Crippen LogP contribution in [0.1, 0.15) is 34.7 Å². The zero-order valence-electron chi connectivity index (χ0n) is 14.9. The van der Waals surface area contributed by atoms with Gasteiger partial charge in [0.05, 0.1) is 11.4 Å². The summed E-state index contributed by atoms with van der Waals surface area (Å²) < 4.78 is 7.76. The Morgan fingerprint density at radius 1 is 1.12 bits per heavy atom. The molecule has 0 spiro atoms. The van der Waals surface area contributed by atoms with Crippen molar-refractivity contribution in [3.63, 3.8) is 0 Å². The number of aryl methyl sites for hydroxylation is 2. The van der Waals surface area contributed by atoms with Gasteiger partial charge in [-0.15, -0.1) is 5.10 Å². The van der Waals surface area contributed by atoms with Crippen LogP contribution < -0.4 is 4.74 Å². The zero-order valence-corrected chi connectivity index (χ0v) is 14.9. The summed E-state index contributed by atoms with van der Waals surface area (Å²) in [4.78, 5) is 19.4. The van der Waals surface area contributed by atoms with Gasteiger partial charge < -0.3 is 9.64 Å². The summed E-state index contributed by atoms with van der Waals surface area (Å²) in [6.45, 7) is 5.08. The largest absolute Gasteiger partial charge is 0.473 e. The Kier molecular flexibility index (Phi) is 4.28. The lowest BCUT2D eigenvalue weighted by Crippen LogP contribution is -2.42. The Hall–Kier alpha value is -2.96. The van der Waals surface area contributed by atoms with Crippen LogP contribution in [0.2, 0.25) is 0 Å². The van der Waals surface area contributed by atoms with Gasteiger partial charge in [0.25, 0.3) is 5.91 Å². The number of ether oxygens (including phenoxy) is 1. The van der Waals surface area contributed by atoms with Crippen molar-refractivity contribution in [1.82, 2.24) is 24.5 Å². The fourth-order valence-corrected chi connectivity index (χ4v) is 3.32. The number of nitrogens with zero attached hydrogens (tertiary/aromatic N) is 5. The number of amides is 1. The van der Waals surface area contributed by atoms with Crippen LogP contribution in [0.15, 0.2) is 36.5 Å². The van der Waals surface area contributed by atoms with E-state index in [1.54, 1.807) is 0 Å². The van der Waals surface area contributed by atoms with Crippen molar-refractivity contribution in [3.05, 3.63) is 53.6 Å². The minimum atomic E-state index is 0.0229. The third-order valence-electron chi connectivity index (χ3n) is 4.70. The number of carbonyl (C=O) groups excluding carboxylic acids is 1. The van der Waals surface area contributed by atoms with Crippen LogP contribution in [0.3, 0.4) is 0 Å². The van der Waals surface area contributed by atoms with Gasteiger partial charge in [-0.25, -0.2) is 4.98 Å². The molecule has 0 N–H and O–H groups in total. The first kappa shape index (κ1) is 16.5. The quantitative estimate of drug-likeness (QED) is 0.725. The van der Waals surface area contributed by atoms with Crippen molar-refractivity contribution in [1.29, 1.82) is 0 Å². The minimum Gasteiger partial charge on any atom is -0.473 e. The number of hydrogen-bond donors (Lipinski definition) is 0. The molecule has 1 aliphatic heterocycles.